The molecular formula is C18H21Cl2N5OS. The third kappa shape index (κ3) is 3.76. The Kier molecular flexibility index (Phi) is 5.49. The molecule has 2 aromatic rings. The molecule has 144 valence electrons. The molecule has 4 rings (SSSR count). The molecule has 2 aliphatic heterocycles. The standard InChI is InChI=1S/C18H21Cl2N5OS/c1-11-16(21)18(10-26-11)5-7-25(8-6-18)17-22-9-14(23-24-17)27-13-4-2-3-12(19)15(13)20/h2-4,9,11,16H,5-8,10,21H2,1H3/t11-,16+/m0/s1. The minimum Gasteiger partial charge on any atom is -0.376 e. The van der Waals surface area contributed by atoms with Crippen molar-refractivity contribution in [2.45, 2.75) is 41.8 Å². The Morgan fingerprint density at radius 1 is 1.26 bits per heavy atom. The van der Waals surface area contributed by atoms with E-state index >= 15 is 0 Å². The van der Waals surface area contributed by atoms with E-state index in [0.29, 0.717) is 21.0 Å². The molecule has 1 spiro atoms. The average molecular weight is 426 g/mol. The number of piperidine rings is 1. The summed E-state index contributed by atoms with van der Waals surface area (Å²) in [5, 5.41) is 10.3. The van der Waals surface area contributed by atoms with E-state index < -0.39 is 0 Å². The average Bonchev–Trinajstić information content (AvgIpc) is 2.95. The molecule has 2 aliphatic rings. The van der Waals surface area contributed by atoms with E-state index in [0.717, 1.165) is 37.4 Å². The second-order valence-electron chi connectivity index (χ2n) is 7.14. The number of benzene rings is 1. The number of rotatable bonds is 3. The number of nitrogens with zero attached hydrogens (tertiary/aromatic N) is 4. The highest BCUT2D eigenvalue weighted by molar-refractivity contribution is 7.99. The molecule has 0 bridgehead atoms. The van der Waals surface area contributed by atoms with Gasteiger partial charge in [0.25, 0.3) is 0 Å². The summed E-state index contributed by atoms with van der Waals surface area (Å²) >= 11 is 13.7. The summed E-state index contributed by atoms with van der Waals surface area (Å²) in [7, 11) is 0. The molecule has 2 fully saturated rings. The van der Waals surface area contributed by atoms with Gasteiger partial charge >= 0.3 is 0 Å². The first-order valence-electron chi connectivity index (χ1n) is 8.92. The number of anilines is 1. The zero-order chi connectivity index (χ0) is 19.0. The Labute approximate surface area is 172 Å². The van der Waals surface area contributed by atoms with Crippen molar-refractivity contribution in [3.8, 4) is 0 Å². The highest BCUT2D eigenvalue weighted by atomic mass is 35.5. The summed E-state index contributed by atoms with van der Waals surface area (Å²) < 4.78 is 5.78. The zero-order valence-electron chi connectivity index (χ0n) is 14.9. The van der Waals surface area contributed by atoms with Gasteiger partial charge in [-0.3, -0.25) is 0 Å². The first-order valence-corrected chi connectivity index (χ1v) is 10.5. The number of aromatic nitrogens is 3. The van der Waals surface area contributed by atoms with Gasteiger partial charge in [0.15, 0.2) is 0 Å². The molecule has 1 aromatic carbocycles. The van der Waals surface area contributed by atoms with Crippen LogP contribution in [0.15, 0.2) is 34.3 Å². The highest BCUT2D eigenvalue weighted by Gasteiger charge is 2.47. The van der Waals surface area contributed by atoms with Gasteiger partial charge in [-0.2, -0.15) is 0 Å². The predicted molar refractivity (Wildman–Crippen MR) is 108 cm³/mol. The lowest BCUT2D eigenvalue weighted by Crippen LogP contribution is -2.51. The number of nitrogens with two attached hydrogens (primary N) is 1. The van der Waals surface area contributed by atoms with Crippen molar-refractivity contribution in [1.29, 1.82) is 0 Å². The van der Waals surface area contributed by atoms with E-state index in [2.05, 4.69) is 27.0 Å². The van der Waals surface area contributed by atoms with Crippen molar-refractivity contribution in [1.82, 2.24) is 15.2 Å². The van der Waals surface area contributed by atoms with Crippen LogP contribution in [0, 0.1) is 5.41 Å². The summed E-state index contributed by atoms with van der Waals surface area (Å²) in [5.74, 6) is 0.645. The van der Waals surface area contributed by atoms with Gasteiger partial charge in [0.1, 0.15) is 5.03 Å². The molecule has 2 N–H and O–H groups in total. The van der Waals surface area contributed by atoms with Crippen molar-refractivity contribution in [2.24, 2.45) is 11.1 Å². The molecule has 0 saturated carbocycles. The van der Waals surface area contributed by atoms with Crippen LogP contribution in [-0.2, 0) is 4.74 Å². The zero-order valence-corrected chi connectivity index (χ0v) is 17.3. The Morgan fingerprint density at radius 2 is 2.04 bits per heavy atom. The van der Waals surface area contributed by atoms with E-state index in [9.17, 15) is 0 Å². The van der Waals surface area contributed by atoms with Gasteiger partial charge in [-0.1, -0.05) is 41.0 Å². The lowest BCUT2D eigenvalue weighted by atomic mass is 9.73. The van der Waals surface area contributed by atoms with Gasteiger partial charge in [-0.25, -0.2) is 4.98 Å². The summed E-state index contributed by atoms with van der Waals surface area (Å²) in [5.41, 5.74) is 6.46. The number of halogens is 2. The van der Waals surface area contributed by atoms with E-state index in [1.807, 2.05) is 12.1 Å². The molecule has 9 heteroatoms. The van der Waals surface area contributed by atoms with Gasteiger partial charge in [0, 0.05) is 29.4 Å². The Balaban J connectivity index is 1.41. The quantitative estimate of drug-likeness (QED) is 0.803. The Bertz CT molecular complexity index is 814. The number of ether oxygens (including phenoxy) is 1. The first-order chi connectivity index (χ1) is 13.0. The van der Waals surface area contributed by atoms with E-state index in [1.165, 1.54) is 11.8 Å². The predicted octanol–water partition coefficient (Wildman–Crippen LogP) is 3.66. The topological polar surface area (TPSA) is 77.2 Å². The van der Waals surface area contributed by atoms with Gasteiger partial charge < -0.3 is 15.4 Å². The van der Waals surface area contributed by atoms with Crippen LogP contribution >= 0.6 is 35.0 Å². The molecule has 2 atom stereocenters. The monoisotopic (exact) mass is 425 g/mol. The lowest BCUT2D eigenvalue weighted by Gasteiger charge is -2.41. The minimum absolute atomic E-state index is 0.0858. The third-order valence-electron chi connectivity index (χ3n) is 5.55. The Morgan fingerprint density at radius 3 is 2.67 bits per heavy atom. The molecule has 0 aliphatic carbocycles. The Hall–Kier alpha value is -1.12. The maximum atomic E-state index is 6.38. The van der Waals surface area contributed by atoms with Crippen LogP contribution in [0.3, 0.4) is 0 Å². The SMILES string of the molecule is C[C@@H]1OCC2(CCN(c3ncc(Sc4cccc(Cl)c4Cl)nn3)CC2)[C@@H]1N. The van der Waals surface area contributed by atoms with Crippen molar-refractivity contribution in [3.05, 3.63) is 34.4 Å². The van der Waals surface area contributed by atoms with Crippen LogP contribution in [0.2, 0.25) is 10.0 Å². The van der Waals surface area contributed by atoms with Crippen molar-refractivity contribution >= 4 is 40.9 Å². The van der Waals surface area contributed by atoms with E-state index in [4.69, 9.17) is 33.7 Å². The van der Waals surface area contributed by atoms with Crippen LogP contribution in [-0.4, -0.2) is 47.0 Å². The van der Waals surface area contributed by atoms with Crippen LogP contribution in [0.4, 0.5) is 5.95 Å². The summed E-state index contributed by atoms with van der Waals surface area (Å²) in [6.07, 6.45) is 3.82. The summed E-state index contributed by atoms with van der Waals surface area (Å²) in [6, 6.07) is 5.60. The van der Waals surface area contributed by atoms with Crippen molar-refractivity contribution in [3.63, 3.8) is 0 Å². The molecular weight excluding hydrogens is 405 g/mol. The molecule has 0 radical (unpaired) electrons. The minimum atomic E-state index is 0.0858. The molecule has 0 amide bonds. The maximum absolute atomic E-state index is 6.38. The first kappa shape index (κ1) is 19.2. The molecule has 27 heavy (non-hydrogen) atoms. The summed E-state index contributed by atoms with van der Waals surface area (Å²) in [6.45, 7) is 4.52. The summed E-state index contributed by atoms with van der Waals surface area (Å²) in [4.78, 5) is 7.48. The van der Waals surface area contributed by atoms with Crippen molar-refractivity contribution in [2.75, 3.05) is 24.6 Å². The number of hydrogen-bond donors (Lipinski definition) is 1. The lowest BCUT2D eigenvalue weighted by molar-refractivity contribution is 0.0973. The fourth-order valence-electron chi connectivity index (χ4n) is 3.75. The fourth-order valence-corrected chi connectivity index (χ4v) is 4.98. The highest BCUT2D eigenvalue weighted by Crippen LogP contribution is 2.41. The van der Waals surface area contributed by atoms with Crippen LogP contribution in [0.5, 0.6) is 0 Å². The van der Waals surface area contributed by atoms with E-state index in [1.54, 1.807) is 12.3 Å². The van der Waals surface area contributed by atoms with Gasteiger partial charge in [-0.15, -0.1) is 10.2 Å². The van der Waals surface area contributed by atoms with Crippen LogP contribution < -0.4 is 10.6 Å². The van der Waals surface area contributed by atoms with Crippen LogP contribution in [0.1, 0.15) is 19.8 Å². The second kappa shape index (κ2) is 7.72. The molecule has 1 aromatic heterocycles. The van der Waals surface area contributed by atoms with Gasteiger partial charge in [-0.05, 0) is 31.9 Å². The molecule has 0 unspecified atom stereocenters. The number of hydrogen-bond acceptors (Lipinski definition) is 7. The molecule has 3 heterocycles. The van der Waals surface area contributed by atoms with Gasteiger partial charge in [0.05, 0.1) is 29.0 Å². The largest absolute Gasteiger partial charge is 0.376 e. The second-order valence-corrected chi connectivity index (χ2v) is 8.99. The molecule has 6 nitrogen and oxygen atoms in total. The van der Waals surface area contributed by atoms with Crippen LogP contribution in [0.25, 0.3) is 0 Å². The van der Waals surface area contributed by atoms with Gasteiger partial charge in [0.2, 0.25) is 5.95 Å². The van der Waals surface area contributed by atoms with Crippen molar-refractivity contribution < 1.29 is 4.74 Å². The van der Waals surface area contributed by atoms with E-state index in [-0.39, 0.29) is 17.6 Å². The smallest absolute Gasteiger partial charge is 0.245 e. The third-order valence-corrected chi connectivity index (χ3v) is 7.44. The maximum Gasteiger partial charge on any atom is 0.245 e. The normalized spacial score (nSPS) is 24.5. The fraction of sp³-hybridized carbons (Fsp3) is 0.500. The molecule has 2 saturated heterocycles.